The van der Waals surface area contributed by atoms with Crippen LogP contribution in [0.4, 0.5) is 15.0 Å². The van der Waals surface area contributed by atoms with Crippen molar-refractivity contribution in [3.8, 4) is 6.07 Å². The number of carbonyl (C=O) groups is 2. The first kappa shape index (κ1) is 30.5. The first-order chi connectivity index (χ1) is 20.8. The summed E-state index contributed by atoms with van der Waals surface area (Å²) in [6, 6.07) is 12.3. The molecule has 2 aromatic heterocycles. The summed E-state index contributed by atoms with van der Waals surface area (Å²) in [6.45, 7) is 0.00105. The topological polar surface area (TPSA) is 131 Å². The molecule has 1 aliphatic carbocycles. The van der Waals surface area contributed by atoms with E-state index in [0.717, 1.165) is 24.0 Å². The van der Waals surface area contributed by atoms with Crippen molar-refractivity contribution in [3.63, 3.8) is 0 Å². The Hall–Kier alpha value is -3.91. The number of aliphatic hydroxyl groups is 1. The fourth-order valence-corrected chi connectivity index (χ4v) is 6.06. The SMILES string of the molecule is CNC(CCC1CC1)(c1ccnc(C#N)c1)c1ccc(F)c(CC(=O)[C@H]2C[C@@H](CO)CN2C(=O)Nc2ccc(Cl)cn2)c1. The van der Waals surface area contributed by atoms with Crippen LogP contribution < -0.4 is 10.6 Å². The highest BCUT2D eigenvalue weighted by Crippen LogP contribution is 2.41. The van der Waals surface area contributed by atoms with Crippen LogP contribution in [0, 0.1) is 29.0 Å². The molecule has 1 saturated carbocycles. The molecule has 2 aliphatic rings. The molecule has 1 saturated heterocycles. The number of nitriles is 1. The van der Waals surface area contributed by atoms with Crippen LogP contribution in [0.2, 0.25) is 5.02 Å². The number of anilines is 1. The summed E-state index contributed by atoms with van der Waals surface area (Å²) in [5.74, 6) is -0.218. The molecule has 3 atom stereocenters. The first-order valence-corrected chi connectivity index (χ1v) is 14.8. The van der Waals surface area contributed by atoms with Gasteiger partial charge in [0.2, 0.25) is 0 Å². The number of ketones is 1. The minimum atomic E-state index is -0.838. The van der Waals surface area contributed by atoms with Crippen molar-refractivity contribution in [1.29, 1.82) is 5.26 Å². The molecule has 0 spiro atoms. The molecule has 1 unspecified atom stereocenters. The third-order valence-electron chi connectivity index (χ3n) is 8.56. The molecule has 0 bridgehead atoms. The molecule has 11 heteroatoms. The second-order valence-electron chi connectivity index (χ2n) is 11.4. The lowest BCUT2D eigenvalue weighted by molar-refractivity contribution is -0.121. The molecule has 1 aromatic carbocycles. The maximum Gasteiger partial charge on any atom is 0.323 e. The lowest BCUT2D eigenvalue weighted by atomic mass is 9.78. The quantitative estimate of drug-likeness (QED) is 0.286. The van der Waals surface area contributed by atoms with E-state index < -0.39 is 23.4 Å². The maximum atomic E-state index is 15.3. The smallest absolute Gasteiger partial charge is 0.323 e. The van der Waals surface area contributed by atoms with E-state index in [-0.39, 0.29) is 54.8 Å². The molecule has 1 aliphatic heterocycles. The van der Waals surface area contributed by atoms with Crippen LogP contribution in [0.5, 0.6) is 0 Å². The number of hydrogen-bond donors (Lipinski definition) is 3. The zero-order valence-electron chi connectivity index (χ0n) is 23.9. The number of aliphatic hydroxyl groups excluding tert-OH is 1. The predicted octanol–water partition coefficient (Wildman–Crippen LogP) is 4.82. The summed E-state index contributed by atoms with van der Waals surface area (Å²) in [5.41, 5.74) is 1.39. The van der Waals surface area contributed by atoms with E-state index >= 15 is 4.39 Å². The van der Waals surface area contributed by atoms with Crippen LogP contribution >= 0.6 is 11.6 Å². The van der Waals surface area contributed by atoms with Gasteiger partial charge in [0.1, 0.15) is 23.4 Å². The second-order valence-corrected chi connectivity index (χ2v) is 11.8. The van der Waals surface area contributed by atoms with Crippen molar-refractivity contribution in [2.24, 2.45) is 11.8 Å². The number of halogens is 2. The molecule has 43 heavy (non-hydrogen) atoms. The molecular formula is C32H34ClFN6O3. The van der Waals surface area contributed by atoms with Gasteiger partial charge < -0.3 is 15.3 Å². The van der Waals surface area contributed by atoms with Crippen molar-refractivity contribution in [3.05, 3.63) is 88.1 Å². The van der Waals surface area contributed by atoms with Gasteiger partial charge in [-0.2, -0.15) is 5.26 Å². The van der Waals surface area contributed by atoms with Crippen LogP contribution in [0.1, 0.15) is 54.5 Å². The predicted molar refractivity (Wildman–Crippen MR) is 160 cm³/mol. The lowest BCUT2D eigenvalue weighted by Gasteiger charge is -2.36. The van der Waals surface area contributed by atoms with Gasteiger partial charge in [0.25, 0.3) is 0 Å². The standard InChI is InChI=1S/C32H34ClFN6O3/c1-36-32(10-8-20-2-3-20,24-9-11-37-26(15-24)16-35)23-4-6-27(34)22(13-23)14-29(42)28-12-21(19-41)18-40(28)31(43)39-30-7-5-25(33)17-38-30/h4-7,9,11,13,15,17,20-21,28,36,41H,2-3,8,10,12,14,18-19H2,1H3,(H,38,39,43)/t21-,28-,32?/m1/s1. The minimum absolute atomic E-state index is 0.182. The Morgan fingerprint density at radius 3 is 2.63 bits per heavy atom. The van der Waals surface area contributed by atoms with Gasteiger partial charge in [0, 0.05) is 37.9 Å². The van der Waals surface area contributed by atoms with Crippen LogP contribution in [0.15, 0.2) is 54.9 Å². The van der Waals surface area contributed by atoms with Gasteiger partial charge in [-0.25, -0.2) is 19.2 Å². The molecule has 3 aromatic rings. The maximum absolute atomic E-state index is 15.3. The molecule has 2 fully saturated rings. The number of nitrogens with one attached hydrogen (secondary N) is 2. The molecule has 9 nitrogen and oxygen atoms in total. The first-order valence-electron chi connectivity index (χ1n) is 14.4. The summed E-state index contributed by atoms with van der Waals surface area (Å²) in [4.78, 5) is 36.4. The lowest BCUT2D eigenvalue weighted by Crippen LogP contribution is -2.44. The van der Waals surface area contributed by atoms with Crippen LogP contribution in [0.25, 0.3) is 0 Å². The number of likely N-dealkylation sites (tertiary alicyclic amines) is 1. The van der Waals surface area contributed by atoms with Gasteiger partial charge in [0.15, 0.2) is 5.78 Å². The largest absolute Gasteiger partial charge is 0.396 e. The van der Waals surface area contributed by atoms with Crippen molar-refractivity contribution < 1.29 is 19.1 Å². The Morgan fingerprint density at radius 1 is 1.16 bits per heavy atom. The summed E-state index contributed by atoms with van der Waals surface area (Å²) in [6.07, 6.45) is 7.07. The molecule has 0 radical (unpaired) electrons. The van der Waals surface area contributed by atoms with Crippen LogP contribution in [0.3, 0.4) is 0 Å². The average Bonchev–Trinajstić information content (AvgIpc) is 3.75. The highest BCUT2D eigenvalue weighted by Gasteiger charge is 2.40. The summed E-state index contributed by atoms with van der Waals surface area (Å²) in [7, 11) is 1.84. The van der Waals surface area contributed by atoms with Gasteiger partial charge >= 0.3 is 6.03 Å². The summed E-state index contributed by atoms with van der Waals surface area (Å²) in [5, 5.41) is 25.9. The van der Waals surface area contributed by atoms with E-state index in [1.54, 1.807) is 36.5 Å². The van der Waals surface area contributed by atoms with Gasteiger partial charge in [-0.1, -0.05) is 36.6 Å². The van der Waals surface area contributed by atoms with E-state index in [2.05, 4.69) is 26.7 Å². The number of rotatable bonds is 11. The Balaban J connectivity index is 1.42. The summed E-state index contributed by atoms with van der Waals surface area (Å²) < 4.78 is 15.3. The number of urea groups is 1. The molecule has 2 amide bonds. The van der Waals surface area contributed by atoms with E-state index in [4.69, 9.17) is 11.6 Å². The molecule has 5 rings (SSSR count). The fraction of sp³-hybridized carbons (Fsp3) is 0.406. The number of hydrogen-bond acceptors (Lipinski definition) is 7. The number of pyridine rings is 2. The Kier molecular flexibility index (Phi) is 9.35. The zero-order valence-corrected chi connectivity index (χ0v) is 24.6. The van der Waals surface area contributed by atoms with E-state index in [1.165, 1.54) is 30.0 Å². The highest BCUT2D eigenvalue weighted by atomic mass is 35.5. The van der Waals surface area contributed by atoms with Gasteiger partial charge in [-0.3, -0.25) is 10.1 Å². The van der Waals surface area contributed by atoms with E-state index in [0.29, 0.717) is 10.9 Å². The Bertz CT molecular complexity index is 1530. The Morgan fingerprint density at radius 2 is 1.95 bits per heavy atom. The van der Waals surface area contributed by atoms with Gasteiger partial charge in [-0.05, 0) is 79.3 Å². The molecule has 3 N–H and O–H groups in total. The number of Topliss-reactive ketones (excluding diaryl/α,β-unsaturated/α-hetero) is 1. The third-order valence-corrected chi connectivity index (χ3v) is 8.79. The van der Waals surface area contributed by atoms with E-state index in [9.17, 15) is 20.0 Å². The van der Waals surface area contributed by atoms with Gasteiger partial charge in [0.05, 0.1) is 16.6 Å². The third kappa shape index (κ3) is 6.85. The van der Waals surface area contributed by atoms with Crippen LogP contribution in [-0.4, -0.2) is 58.0 Å². The number of carbonyl (C=O) groups excluding carboxylic acids is 2. The number of nitrogens with zero attached hydrogens (tertiary/aromatic N) is 4. The summed E-state index contributed by atoms with van der Waals surface area (Å²) >= 11 is 5.89. The van der Waals surface area contributed by atoms with Crippen LogP contribution in [-0.2, 0) is 16.8 Å². The number of aromatic nitrogens is 2. The fourth-order valence-electron chi connectivity index (χ4n) is 5.95. The number of benzene rings is 1. The van der Waals surface area contributed by atoms with Crippen molar-refractivity contribution >= 4 is 29.2 Å². The highest BCUT2D eigenvalue weighted by molar-refractivity contribution is 6.30. The Labute approximate surface area is 255 Å². The zero-order chi connectivity index (χ0) is 30.6. The number of amides is 2. The normalized spacial score (nSPS) is 19.5. The minimum Gasteiger partial charge on any atom is -0.396 e. The molecule has 224 valence electrons. The van der Waals surface area contributed by atoms with Crippen molar-refractivity contribution in [2.75, 3.05) is 25.5 Å². The molecular weight excluding hydrogens is 571 g/mol. The van der Waals surface area contributed by atoms with Crippen molar-refractivity contribution in [1.82, 2.24) is 20.2 Å². The van der Waals surface area contributed by atoms with Gasteiger partial charge in [-0.15, -0.1) is 0 Å². The van der Waals surface area contributed by atoms with E-state index in [1.807, 2.05) is 13.1 Å². The monoisotopic (exact) mass is 604 g/mol. The second kappa shape index (κ2) is 13.2. The molecule has 3 heterocycles. The average molecular weight is 605 g/mol. The van der Waals surface area contributed by atoms with Crippen molar-refractivity contribution in [2.45, 2.75) is 50.1 Å².